The molecule has 0 spiro atoms. The fraction of sp³-hybridized carbons (Fsp3) is 0. The summed E-state index contributed by atoms with van der Waals surface area (Å²) >= 11 is 5.17. The molecular formula is C4H2ClFN2O. The second-order valence-electron chi connectivity index (χ2n) is 1.35. The molecule has 1 N–H and O–H groups in total. The number of aromatic nitrogens is 2. The molecule has 0 saturated carbocycles. The molecule has 0 saturated heterocycles. The van der Waals surface area contributed by atoms with Crippen LogP contribution in [-0.4, -0.2) is 9.97 Å². The van der Waals surface area contributed by atoms with Crippen LogP contribution in [0.25, 0.3) is 0 Å². The van der Waals surface area contributed by atoms with Crippen molar-refractivity contribution in [3.8, 4) is 0 Å². The van der Waals surface area contributed by atoms with Crippen LogP contribution in [0.4, 0.5) is 4.39 Å². The molecule has 0 aliphatic rings. The van der Waals surface area contributed by atoms with E-state index < -0.39 is 11.6 Å². The number of hydrogen-bond donors (Lipinski definition) is 1. The molecular weight excluding hydrogens is 147 g/mol. The van der Waals surface area contributed by atoms with Gasteiger partial charge in [-0.15, -0.1) is 0 Å². The number of hydrogen-bond acceptors (Lipinski definition) is 2. The molecule has 3 nitrogen and oxygen atoms in total. The van der Waals surface area contributed by atoms with Crippen molar-refractivity contribution in [2.24, 2.45) is 0 Å². The Kier molecular flexibility index (Phi) is 1.48. The molecule has 1 rings (SSSR count). The summed E-state index contributed by atoms with van der Waals surface area (Å²) in [4.78, 5) is 15.1. The zero-order chi connectivity index (χ0) is 6.85. The highest BCUT2D eigenvalue weighted by Crippen LogP contribution is 2.05. The lowest BCUT2D eigenvalue weighted by molar-refractivity contribution is 0.574. The van der Waals surface area contributed by atoms with Crippen LogP contribution in [-0.2, 0) is 0 Å². The van der Waals surface area contributed by atoms with E-state index in [-0.39, 0.29) is 5.02 Å². The second kappa shape index (κ2) is 2.14. The molecule has 9 heavy (non-hydrogen) atoms. The van der Waals surface area contributed by atoms with Gasteiger partial charge >= 0.3 is 5.69 Å². The Labute approximate surface area is 54.5 Å². The van der Waals surface area contributed by atoms with Gasteiger partial charge in [0.15, 0.2) is 0 Å². The van der Waals surface area contributed by atoms with E-state index in [2.05, 4.69) is 4.98 Å². The molecule has 0 atom stereocenters. The van der Waals surface area contributed by atoms with Crippen LogP contribution in [0.1, 0.15) is 0 Å². The van der Waals surface area contributed by atoms with Gasteiger partial charge in [-0.2, -0.15) is 4.39 Å². The van der Waals surface area contributed by atoms with Gasteiger partial charge in [-0.05, 0) is 0 Å². The van der Waals surface area contributed by atoms with E-state index in [1.54, 1.807) is 4.98 Å². The summed E-state index contributed by atoms with van der Waals surface area (Å²) in [6, 6.07) is 0. The molecule has 0 aromatic carbocycles. The Morgan fingerprint density at radius 3 is 2.89 bits per heavy atom. The third-order valence-corrected chi connectivity index (χ3v) is 0.985. The van der Waals surface area contributed by atoms with Gasteiger partial charge in [0.05, 0.1) is 6.20 Å². The summed E-state index contributed by atoms with van der Waals surface area (Å²) in [6.07, 6.45) is 0.954. The van der Waals surface area contributed by atoms with Crippen molar-refractivity contribution in [1.82, 2.24) is 9.97 Å². The molecule has 48 valence electrons. The van der Waals surface area contributed by atoms with Crippen LogP contribution in [0.15, 0.2) is 11.0 Å². The normalized spacial score (nSPS) is 9.56. The maximum Gasteiger partial charge on any atom is 0.347 e. The van der Waals surface area contributed by atoms with E-state index >= 15 is 0 Å². The lowest BCUT2D eigenvalue weighted by Crippen LogP contribution is -2.10. The summed E-state index contributed by atoms with van der Waals surface area (Å²) in [6.45, 7) is 0. The SMILES string of the molecule is O=c1ncc(Cl)c(F)[nH]1. The van der Waals surface area contributed by atoms with Crippen LogP contribution < -0.4 is 5.69 Å². The first-order valence-corrected chi connectivity index (χ1v) is 2.48. The lowest BCUT2D eigenvalue weighted by atomic mass is 10.7. The molecule has 0 aliphatic carbocycles. The molecule has 0 radical (unpaired) electrons. The Morgan fingerprint density at radius 2 is 2.44 bits per heavy atom. The van der Waals surface area contributed by atoms with Gasteiger partial charge in [0.25, 0.3) is 0 Å². The number of aromatic amines is 1. The molecule has 1 heterocycles. The molecule has 0 fully saturated rings. The van der Waals surface area contributed by atoms with E-state index in [4.69, 9.17) is 11.6 Å². The fourth-order valence-corrected chi connectivity index (χ4v) is 0.454. The highest BCUT2D eigenvalue weighted by molar-refractivity contribution is 6.30. The van der Waals surface area contributed by atoms with Gasteiger partial charge < -0.3 is 0 Å². The maximum absolute atomic E-state index is 12.2. The number of nitrogens with one attached hydrogen (secondary N) is 1. The summed E-state index contributed by atoms with van der Waals surface area (Å²) in [5.74, 6) is -0.850. The molecule has 5 heteroatoms. The summed E-state index contributed by atoms with van der Waals surface area (Å²) < 4.78 is 12.2. The highest BCUT2D eigenvalue weighted by Gasteiger charge is 1.96. The van der Waals surface area contributed by atoms with E-state index in [0.29, 0.717) is 0 Å². The van der Waals surface area contributed by atoms with Crippen molar-refractivity contribution < 1.29 is 4.39 Å². The van der Waals surface area contributed by atoms with E-state index in [1.807, 2.05) is 0 Å². The average Bonchev–Trinajstić information content (AvgIpc) is 1.80. The second-order valence-corrected chi connectivity index (χ2v) is 1.76. The minimum absolute atomic E-state index is 0.186. The molecule has 0 bridgehead atoms. The van der Waals surface area contributed by atoms with E-state index in [0.717, 1.165) is 6.20 Å². The Hall–Kier alpha value is -0.900. The zero-order valence-electron chi connectivity index (χ0n) is 4.19. The van der Waals surface area contributed by atoms with Crippen molar-refractivity contribution >= 4 is 11.6 Å². The van der Waals surface area contributed by atoms with Crippen molar-refractivity contribution in [2.45, 2.75) is 0 Å². The lowest BCUT2D eigenvalue weighted by Gasteiger charge is -1.86. The van der Waals surface area contributed by atoms with E-state index in [1.165, 1.54) is 0 Å². The van der Waals surface area contributed by atoms with Gasteiger partial charge in [-0.3, -0.25) is 4.98 Å². The van der Waals surface area contributed by atoms with Crippen molar-refractivity contribution in [3.05, 3.63) is 27.7 Å². The van der Waals surface area contributed by atoms with Crippen LogP contribution in [0.5, 0.6) is 0 Å². The smallest absolute Gasteiger partial charge is 0.281 e. The molecule has 1 aromatic rings. The number of halogens is 2. The van der Waals surface area contributed by atoms with Gasteiger partial charge in [0.1, 0.15) is 5.02 Å². The highest BCUT2D eigenvalue weighted by atomic mass is 35.5. The number of rotatable bonds is 0. The third-order valence-electron chi connectivity index (χ3n) is 0.722. The fourth-order valence-electron chi connectivity index (χ4n) is 0.358. The molecule has 0 unspecified atom stereocenters. The first-order chi connectivity index (χ1) is 4.20. The van der Waals surface area contributed by atoms with Crippen molar-refractivity contribution in [2.75, 3.05) is 0 Å². The summed E-state index contributed by atoms with van der Waals surface area (Å²) in [7, 11) is 0. The Balaban J connectivity index is 3.34. The van der Waals surface area contributed by atoms with Crippen LogP contribution in [0, 0.1) is 5.95 Å². The standard InChI is InChI=1S/C4H2ClFN2O/c5-2-1-7-4(9)8-3(2)6/h1H,(H,7,8,9). The summed E-state index contributed by atoms with van der Waals surface area (Å²) in [5.41, 5.74) is -0.739. The zero-order valence-corrected chi connectivity index (χ0v) is 4.94. The topological polar surface area (TPSA) is 45.8 Å². The first-order valence-electron chi connectivity index (χ1n) is 2.10. The van der Waals surface area contributed by atoms with Gasteiger partial charge in [0.2, 0.25) is 5.95 Å². The van der Waals surface area contributed by atoms with Gasteiger partial charge in [0, 0.05) is 0 Å². The maximum atomic E-state index is 12.2. The Bertz CT molecular complexity index is 272. The van der Waals surface area contributed by atoms with Gasteiger partial charge in [-0.25, -0.2) is 9.78 Å². The predicted octanol–water partition coefficient (Wildman–Crippen LogP) is 0.562. The average molecular weight is 149 g/mol. The first kappa shape index (κ1) is 6.22. The largest absolute Gasteiger partial charge is 0.347 e. The van der Waals surface area contributed by atoms with Crippen molar-refractivity contribution in [1.29, 1.82) is 0 Å². The quantitative estimate of drug-likeness (QED) is 0.547. The van der Waals surface area contributed by atoms with Crippen molar-refractivity contribution in [3.63, 3.8) is 0 Å². The number of H-pyrrole nitrogens is 1. The van der Waals surface area contributed by atoms with Gasteiger partial charge in [-0.1, -0.05) is 11.6 Å². The van der Waals surface area contributed by atoms with Crippen LogP contribution in [0.3, 0.4) is 0 Å². The van der Waals surface area contributed by atoms with E-state index in [9.17, 15) is 9.18 Å². The Morgan fingerprint density at radius 1 is 1.78 bits per heavy atom. The number of nitrogens with zero attached hydrogens (tertiary/aromatic N) is 1. The van der Waals surface area contributed by atoms with Crippen LogP contribution >= 0.6 is 11.6 Å². The molecule has 0 amide bonds. The summed E-state index contributed by atoms with van der Waals surface area (Å²) in [5, 5.41) is -0.186. The minimum Gasteiger partial charge on any atom is -0.281 e. The molecule has 0 aliphatic heterocycles. The predicted molar refractivity (Wildman–Crippen MR) is 29.8 cm³/mol. The molecule has 1 aromatic heterocycles. The monoisotopic (exact) mass is 148 g/mol. The van der Waals surface area contributed by atoms with Crippen LogP contribution in [0.2, 0.25) is 5.02 Å². The minimum atomic E-state index is -0.850. The third kappa shape index (κ3) is 1.26.